The van der Waals surface area contributed by atoms with Crippen LogP contribution in [0.25, 0.3) is 5.52 Å². The number of rotatable bonds is 3. The zero-order valence-corrected chi connectivity index (χ0v) is 10.3. The number of hydrogen-bond donors (Lipinski definition) is 0. The smallest absolute Gasteiger partial charge is 0.113 e. The van der Waals surface area contributed by atoms with Gasteiger partial charge in [0.05, 0.1) is 11.7 Å². The number of aromatic nitrogens is 2. The Labute approximate surface area is 102 Å². The Hall–Kier alpha value is -1.35. The van der Waals surface area contributed by atoms with Crippen molar-refractivity contribution in [2.24, 2.45) is 5.92 Å². The highest BCUT2D eigenvalue weighted by Crippen LogP contribution is 2.20. The van der Waals surface area contributed by atoms with Gasteiger partial charge in [0, 0.05) is 19.2 Å². The number of imidazole rings is 1. The van der Waals surface area contributed by atoms with Crippen molar-refractivity contribution in [2.75, 3.05) is 19.6 Å². The minimum Gasteiger partial charge on any atom is -0.304 e. The van der Waals surface area contributed by atoms with E-state index in [1.165, 1.54) is 37.4 Å². The van der Waals surface area contributed by atoms with Crippen LogP contribution in [0.3, 0.4) is 0 Å². The van der Waals surface area contributed by atoms with Crippen LogP contribution in [0.15, 0.2) is 30.6 Å². The first kappa shape index (κ1) is 10.8. The third-order valence-corrected chi connectivity index (χ3v) is 3.80. The SMILES string of the molecule is CCN1CCC(Cc2ncc3ccccn23)C1. The van der Waals surface area contributed by atoms with Gasteiger partial charge in [-0.3, -0.25) is 0 Å². The van der Waals surface area contributed by atoms with Crippen LogP contribution in [0.1, 0.15) is 19.2 Å². The predicted molar refractivity (Wildman–Crippen MR) is 69.1 cm³/mol. The van der Waals surface area contributed by atoms with E-state index in [-0.39, 0.29) is 0 Å². The first-order valence-electron chi connectivity index (χ1n) is 6.50. The standard InChI is InChI=1S/C14H19N3/c1-2-16-8-6-12(11-16)9-14-15-10-13-5-3-4-7-17(13)14/h3-5,7,10,12H,2,6,8-9,11H2,1H3. The Morgan fingerprint density at radius 1 is 1.41 bits per heavy atom. The molecule has 0 saturated carbocycles. The second-order valence-electron chi connectivity index (χ2n) is 4.92. The average Bonchev–Trinajstić information content (AvgIpc) is 2.97. The molecule has 3 heterocycles. The van der Waals surface area contributed by atoms with Gasteiger partial charge in [-0.1, -0.05) is 13.0 Å². The number of hydrogen-bond acceptors (Lipinski definition) is 2. The van der Waals surface area contributed by atoms with Crippen LogP contribution in [-0.4, -0.2) is 33.9 Å². The van der Waals surface area contributed by atoms with Crippen LogP contribution in [0.4, 0.5) is 0 Å². The van der Waals surface area contributed by atoms with E-state index in [2.05, 4.69) is 45.6 Å². The van der Waals surface area contributed by atoms with E-state index < -0.39 is 0 Å². The largest absolute Gasteiger partial charge is 0.304 e. The number of likely N-dealkylation sites (tertiary alicyclic amines) is 1. The van der Waals surface area contributed by atoms with Gasteiger partial charge >= 0.3 is 0 Å². The quantitative estimate of drug-likeness (QED) is 0.804. The van der Waals surface area contributed by atoms with E-state index in [9.17, 15) is 0 Å². The Bertz CT molecular complexity index is 503. The van der Waals surface area contributed by atoms with Crippen LogP contribution in [0.2, 0.25) is 0 Å². The molecular formula is C14H19N3. The van der Waals surface area contributed by atoms with Crippen molar-refractivity contribution in [1.82, 2.24) is 14.3 Å². The maximum Gasteiger partial charge on any atom is 0.113 e. The topological polar surface area (TPSA) is 20.5 Å². The molecule has 1 unspecified atom stereocenters. The van der Waals surface area contributed by atoms with Gasteiger partial charge in [-0.05, 0) is 37.6 Å². The molecule has 0 radical (unpaired) electrons. The molecule has 1 aliphatic rings. The molecule has 3 nitrogen and oxygen atoms in total. The molecule has 2 aromatic heterocycles. The molecule has 90 valence electrons. The van der Waals surface area contributed by atoms with Crippen LogP contribution in [-0.2, 0) is 6.42 Å². The number of fused-ring (bicyclic) bond motifs is 1. The lowest BCUT2D eigenvalue weighted by molar-refractivity contribution is 0.341. The summed E-state index contributed by atoms with van der Waals surface area (Å²) in [5, 5.41) is 0. The van der Waals surface area contributed by atoms with Crippen molar-refractivity contribution in [3.63, 3.8) is 0 Å². The summed E-state index contributed by atoms with van der Waals surface area (Å²) in [7, 11) is 0. The van der Waals surface area contributed by atoms with Gasteiger partial charge in [0.2, 0.25) is 0 Å². The summed E-state index contributed by atoms with van der Waals surface area (Å²) in [5.41, 5.74) is 1.20. The molecule has 1 aliphatic heterocycles. The summed E-state index contributed by atoms with van der Waals surface area (Å²) in [6.07, 6.45) is 6.51. The van der Waals surface area contributed by atoms with Crippen LogP contribution in [0.5, 0.6) is 0 Å². The van der Waals surface area contributed by atoms with Crippen molar-refractivity contribution in [3.8, 4) is 0 Å². The zero-order valence-electron chi connectivity index (χ0n) is 10.3. The Morgan fingerprint density at radius 2 is 2.35 bits per heavy atom. The van der Waals surface area contributed by atoms with Crippen molar-refractivity contribution in [3.05, 3.63) is 36.4 Å². The van der Waals surface area contributed by atoms with Crippen molar-refractivity contribution in [1.29, 1.82) is 0 Å². The normalized spacial score (nSPS) is 21.4. The van der Waals surface area contributed by atoms with E-state index in [0.29, 0.717) is 0 Å². The molecule has 0 aliphatic carbocycles. The average molecular weight is 229 g/mol. The lowest BCUT2D eigenvalue weighted by atomic mass is 10.0. The van der Waals surface area contributed by atoms with Crippen molar-refractivity contribution in [2.45, 2.75) is 19.8 Å². The van der Waals surface area contributed by atoms with Gasteiger partial charge < -0.3 is 9.30 Å². The maximum atomic E-state index is 4.55. The molecule has 0 N–H and O–H groups in total. The van der Waals surface area contributed by atoms with E-state index >= 15 is 0 Å². The predicted octanol–water partition coefficient (Wildman–Crippen LogP) is 2.22. The highest BCUT2D eigenvalue weighted by Gasteiger charge is 2.22. The lowest BCUT2D eigenvalue weighted by Crippen LogP contribution is -2.20. The molecule has 0 bridgehead atoms. The minimum absolute atomic E-state index is 0.778. The molecule has 0 aromatic carbocycles. The molecule has 0 amide bonds. The fourth-order valence-corrected chi connectivity index (χ4v) is 2.78. The van der Waals surface area contributed by atoms with E-state index in [1.807, 2.05) is 6.20 Å². The third-order valence-electron chi connectivity index (χ3n) is 3.80. The second kappa shape index (κ2) is 4.49. The lowest BCUT2D eigenvalue weighted by Gasteiger charge is -2.12. The fourth-order valence-electron chi connectivity index (χ4n) is 2.78. The zero-order chi connectivity index (χ0) is 11.7. The fraction of sp³-hybridized carbons (Fsp3) is 0.500. The van der Waals surface area contributed by atoms with Gasteiger partial charge in [0.25, 0.3) is 0 Å². The first-order valence-corrected chi connectivity index (χ1v) is 6.50. The molecule has 1 atom stereocenters. The highest BCUT2D eigenvalue weighted by atomic mass is 15.1. The summed E-state index contributed by atoms with van der Waals surface area (Å²) in [6, 6.07) is 6.25. The molecule has 0 spiro atoms. The van der Waals surface area contributed by atoms with Crippen LogP contribution < -0.4 is 0 Å². The van der Waals surface area contributed by atoms with Crippen LogP contribution >= 0.6 is 0 Å². The van der Waals surface area contributed by atoms with Crippen molar-refractivity contribution >= 4 is 5.52 Å². The Balaban J connectivity index is 1.77. The second-order valence-corrected chi connectivity index (χ2v) is 4.92. The van der Waals surface area contributed by atoms with Gasteiger partial charge in [-0.25, -0.2) is 4.98 Å². The molecule has 1 fully saturated rings. The molecule has 17 heavy (non-hydrogen) atoms. The Morgan fingerprint density at radius 3 is 3.18 bits per heavy atom. The molecule has 3 rings (SSSR count). The summed E-state index contributed by atoms with van der Waals surface area (Å²) in [5.74, 6) is 1.99. The third kappa shape index (κ3) is 2.07. The summed E-state index contributed by atoms with van der Waals surface area (Å²) < 4.78 is 2.22. The summed E-state index contributed by atoms with van der Waals surface area (Å²) in [4.78, 5) is 7.08. The Kier molecular flexibility index (Phi) is 2.85. The van der Waals surface area contributed by atoms with E-state index in [0.717, 1.165) is 12.3 Å². The molecule has 2 aromatic rings. The van der Waals surface area contributed by atoms with Gasteiger partial charge in [0.15, 0.2) is 0 Å². The van der Waals surface area contributed by atoms with E-state index in [1.54, 1.807) is 0 Å². The van der Waals surface area contributed by atoms with Crippen LogP contribution in [0, 0.1) is 5.92 Å². The number of nitrogens with zero attached hydrogens (tertiary/aromatic N) is 3. The number of pyridine rings is 1. The van der Waals surface area contributed by atoms with Gasteiger partial charge in [0.1, 0.15) is 5.82 Å². The summed E-state index contributed by atoms with van der Waals surface area (Å²) in [6.45, 7) is 5.91. The van der Waals surface area contributed by atoms with Gasteiger partial charge in [-0.15, -0.1) is 0 Å². The molecule has 3 heteroatoms. The van der Waals surface area contributed by atoms with Crippen molar-refractivity contribution < 1.29 is 0 Å². The first-order chi connectivity index (χ1) is 8.36. The maximum absolute atomic E-state index is 4.55. The monoisotopic (exact) mass is 229 g/mol. The highest BCUT2D eigenvalue weighted by molar-refractivity contribution is 5.45. The summed E-state index contributed by atoms with van der Waals surface area (Å²) >= 11 is 0. The van der Waals surface area contributed by atoms with Gasteiger partial charge in [-0.2, -0.15) is 0 Å². The molecule has 1 saturated heterocycles. The molecular weight excluding hydrogens is 210 g/mol. The minimum atomic E-state index is 0.778. The van der Waals surface area contributed by atoms with E-state index in [4.69, 9.17) is 0 Å².